The van der Waals surface area contributed by atoms with Crippen LogP contribution in [0.4, 0.5) is 0 Å². The Labute approximate surface area is 122 Å². The highest BCUT2D eigenvalue weighted by molar-refractivity contribution is 7.17. The van der Waals surface area contributed by atoms with Gasteiger partial charge in [-0.05, 0) is 25.5 Å². The highest BCUT2D eigenvalue weighted by atomic mass is 32.1. The SMILES string of the molecule is CC(C)(C(=O)c1csc2ccccc12)c1ccccc1. The van der Waals surface area contributed by atoms with Crippen LogP contribution >= 0.6 is 11.3 Å². The van der Waals surface area contributed by atoms with E-state index in [0.717, 1.165) is 16.5 Å². The van der Waals surface area contributed by atoms with Gasteiger partial charge in [-0.15, -0.1) is 11.3 Å². The van der Waals surface area contributed by atoms with Gasteiger partial charge in [0.05, 0.1) is 5.41 Å². The zero-order valence-electron chi connectivity index (χ0n) is 11.6. The molecule has 0 fully saturated rings. The van der Waals surface area contributed by atoms with Gasteiger partial charge < -0.3 is 0 Å². The topological polar surface area (TPSA) is 17.1 Å². The van der Waals surface area contributed by atoms with Crippen molar-refractivity contribution in [2.75, 3.05) is 0 Å². The molecular weight excluding hydrogens is 264 g/mol. The van der Waals surface area contributed by atoms with Gasteiger partial charge in [0, 0.05) is 21.0 Å². The Morgan fingerprint density at radius 2 is 1.60 bits per heavy atom. The van der Waals surface area contributed by atoms with Crippen LogP contribution in [0.5, 0.6) is 0 Å². The quantitative estimate of drug-likeness (QED) is 0.613. The molecule has 0 amide bonds. The van der Waals surface area contributed by atoms with Crippen molar-refractivity contribution >= 4 is 27.2 Å². The van der Waals surface area contributed by atoms with Crippen LogP contribution in [0, 0.1) is 0 Å². The monoisotopic (exact) mass is 280 g/mol. The van der Waals surface area contributed by atoms with E-state index in [0.29, 0.717) is 0 Å². The number of benzene rings is 2. The van der Waals surface area contributed by atoms with Crippen molar-refractivity contribution in [2.24, 2.45) is 0 Å². The smallest absolute Gasteiger partial charge is 0.174 e. The molecular formula is C18H16OS. The fourth-order valence-electron chi connectivity index (χ4n) is 2.48. The average molecular weight is 280 g/mol. The molecule has 2 heteroatoms. The Kier molecular flexibility index (Phi) is 3.19. The number of hydrogen-bond acceptors (Lipinski definition) is 2. The van der Waals surface area contributed by atoms with E-state index in [1.165, 1.54) is 4.70 Å². The van der Waals surface area contributed by atoms with Gasteiger partial charge in [0.25, 0.3) is 0 Å². The van der Waals surface area contributed by atoms with Crippen LogP contribution < -0.4 is 0 Å². The van der Waals surface area contributed by atoms with Crippen LogP contribution in [0.25, 0.3) is 10.1 Å². The highest BCUT2D eigenvalue weighted by Crippen LogP contribution is 2.33. The van der Waals surface area contributed by atoms with Crippen molar-refractivity contribution in [1.29, 1.82) is 0 Å². The highest BCUT2D eigenvalue weighted by Gasteiger charge is 2.31. The lowest BCUT2D eigenvalue weighted by molar-refractivity contribution is 0.0911. The number of Topliss-reactive ketones (excluding diaryl/α,β-unsaturated/α-hetero) is 1. The predicted molar refractivity (Wildman–Crippen MR) is 85.6 cm³/mol. The fourth-order valence-corrected chi connectivity index (χ4v) is 3.42. The number of fused-ring (bicyclic) bond motifs is 1. The van der Waals surface area contributed by atoms with Gasteiger partial charge in [-0.1, -0.05) is 48.5 Å². The Bertz CT molecular complexity index is 753. The molecule has 100 valence electrons. The van der Waals surface area contributed by atoms with E-state index in [4.69, 9.17) is 0 Å². The number of carbonyl (C=O) groups is 1. The van der Waals surface area contributed by atoms with Crippen molar-refractivity contribution in [1.82, 2.24) is 0 Å². The summed E-state index contributed by atoms with van der Waals surface area (Å²) in [5.74, 6) is 0.182. The summed E-state index contributed by atoms with van der Waals surface area (Å²) >= 11 is 1.63. The first-order valence-corrected chi connectivity index (χ1v) is 7.55. The number of hydrogen-bond donors (Lipinski definition) is 0. The largest absolute Gasteiger partial charge is 0.293 e. The van der Waals surface area contributed by atoms with E-state index in [1.807, 2.05) is 67.8 Å². The first-order chi connectivity index (χ1) is 9.60. The van der Waals surface area contributed by atoms with Crippen LogP contribution in [0.1, 0.15) is 29.8 Å². The molecule has 0 unspecified atom stereocenters. The maximum Gasteiger partial charge on any atom is 0.174 e. The van der Waals surface area contributed by atoms with Crippen LogP contribution in [0.2, 0.25) is 0 Å². The van der Waals surface area contributed by atoms with Gasteiger partial charge in [0.2, 0.25) is 0 Å². The molecule has 3 aromatic rings. The molecule has 0 atom stereocenters. The van der Waals surface area contributed by atoms with Gasteiger partial charge in [0.1, 0.15) is 0 Å². The molecule has 0 saturated heterocycles. The second kappa shape index (κ2) is 4.88. The van der Waals surface area contributed by atoms with E-state index in [2.05, 4.69) is 6.07 Å². The zero-order chi connectivity index (χ0) is 14.2. The molecule has 0 aliphatic heterocycles. The molecule has 0 radical (unpaired) electrons. The number of rotatable bonds is 3. The summed E-state index contributed by atoms with van der Waals surface area (Å²) in [4.78, 5) is 12.9. The Hall–Kier alpha value is -1.93. The maximum absolute atomic E-state index is 12.9. The second-order valence-corrected chi connectivity index (χ2v) is 6.38. The lowest BCUT2D eigenvalue weighted by Crippen LogP contribution is -2.28. The predicted octanol–water partition coefficient (Wildman–Crippen LogP) is 5.06. The molecule has 0 saturated carbocycles. The van der Waals surface area contributed by atoms with Gasteiger partial charge in [-0.2, -0.15) is 0 Å². The standard InChI is InChI=1S/C18H16OS/c1-18(2,13-8-4-3-5-9-13)17(19)15-12-20-16-11-7-6-10-14(15)16/h3-12H,1-2H3. The van der Waals surface area contributed by atoms with E-state index in [-0.39, 0.29) is 5.78 Å². The molecule has 0 bridgehead atoms. The van der Waals surface area contributed by atoms with Crippen LogP contribution in [0.3, 0.4) is 0 Å². The third-order valence-corrected chi connectivity index (χ3v) is 4.75. The molecule has 1 aromatic heterocycles. The molecule has 1 heterocycles. The summed E-state index contributed by atoms with van der Waals surface area (Å²) in [5, 5.41) is 3.05. The Morgan fingerprint density at radius 3 is 2.35 bits per heavy atom. The molecule has 2 aromatic carbocycles. The number of ketones is 1. The normalized spacial score (nSPS) is 11.7. The van der Waals surface area contributed by atoms with Crippen molar-refractivity contribution in [2.45, 2.75) is 19.3 Å². The van der Waals surface area contributed by atoms with Crippen LogP contribution in [0.15, 0.2) is 60.0 Å². The number of thiophene rings is 1. The van der Waals surface area contributed by atoms with Gasteiger partial charge >= 0.3 is 0 Å². The summed E-state index contributed by atoms with van der Waals surface area (Å²) < 4.78 is 1.17. The molecule has 0 aliphatic carbocycles. The van der Waals surface area contributed by atoms with Gasteiger partial charge in [0.15, 0.2) is 5.78 Å². The summed E-state index contributed by atoms with van der Waals surface area (Å²) in [6.07, 6.45) is 0. The Morgan fingerprint density at radius 1 is 0.950 bits per heavy atom. The summed E-state index contributed by atoms with van der Waals surface area (Å²) in [7, 11) is 0. The van der Waals surface area contributed by atoms with Crippen molar-refractivity contribution in [3.63, 3.8) is 0 Å². The molecule has 0 spiro atoms. The molecule has 20 heavy (non-hydrogen) atoms. The van der Waals surface area contributed by atoms with E-state index < -0.39 is 5.41 Å². The fraction of sp³-hybridized carbons (Fsp3) is 0.167. The lowest BCUT2D eigenvalue weighted by atomic mass is 9.78. The molecule has 0 N–H and O–H groups in total. The van der Waals surface area contributed by atoms with Gasteiger partial charge in [-0.3, -0.25) is 4.79 Å². The summed E-state index contributed by atoms with van der Waals surface area (Å²) in [6.45, 7) is 3.99. The van der Waals surface area contributed by atoms with Crippen molar-refractivity contribution in [3.05, 3.63) is 71.1 Å². The van der Waals surface area contributed by atoms with Crippen molar-refractivity contribution in [3.8, 4) is 0 Å². The molecule has 0 aliphatic rings. The van der Waals surface area contributed by atoms with E-state index in [1.54, 1.807) is 11.3 Å². The van der Waals surface area contributed by atoms with Gasteiger partial charge in [-0.25, -0.2) is 0 Å². The minimum absolute atomic E-state index is 0.182. The lowest BCUT2D eigenvalue weighted by Gasteiger charge is -2.23. The second-order valence-electron chi connectivity index (χ2n) is 5.47. The molecule has 3 rings (SSSR count). The average Bonchev–Trinajstić information content (AvgIpc) is 2.91. The minimum Gasteiger partial charge on any atom is -0.293 e. The Balaban J connectivity index is 2.08. The first kappa shape index (κ1) is 13.1. The number of carbonyl (C=O) groups excluding carboxylic acids is 1. The minimum atomic E-state index is -0.509. The van der Waals surface area contributed by atoms with E-state index >= 15 is 0 Å². The third kappa shape index (κ3) is 2.06. The summed E-state index contributed by atoms with van der Waals surface area (Å²) in [6, 6.07) is 18.1. The van der Waals surface area contributed by atoms with E-state index in [9.17, 15) is 4.79 Å². The van der Waals surface area contributed by atoms with Crippen LogP contribution in [-0.2, 0) is 5.41 Å². The zero-order valence-corrected chi connectivity index (χ0v) is 12.4. The molecule has 1 nitrogen and oxygen atoms in total. The maximum atomic E-state index is 12.9. The van der Waals surface area contributed by atoms with Crippen molar-refractivity contribution < 1.29 is 4.79 Å². The third-order valence-electron chi connectivity index (χ3n) is 3.79. The first-order valence-electron chi connectivity index (χ1n) is 6.67. The summed E-state index contributed by atoms with van der Waals surface area (Å²) in [5.41, 5.74) is 1.38. The van der Waals surface area contributed by atoms with Crippen LogP contribution in [-0.4, -0.2) is 5.78 Å².